The highest BCUT2D eigenvalue weighted by Gasteiger charge is 2.18. The summed E-state index contributed by atoms with van der Waals surface area (Å²) in [5.74, 6) is 1.57. The minimum absolute atomic E-state index is 0.183. The Hall–Kier alpha value is -2.81. The lowest BCUT2D eigenvalue weighted by molar-refractivity contribution is 0.483. The van der Waals surface area contributed by atoms with Crippen molar-refractivity contribution in [2.75, 3.05) is 0 Å². The van der Waals surface area contributed by atoms with Crippen molar-refractivity contribution in [1.29, 1.82) is 0 Å². The summed E-state index contributed by atoms with van der Waals surface area (Å²) in [7, 11) is 0. The Morgan fingerprint density at radius 2 is 1.56 bits per heavy atom. The largest absolute Gasteiger partial charge is 0.457 e. The fourth-order valence-corrected chi connectivity index (χ4v) is 3.57. The van der Waals surface area contributed by atoms with E-state index in [0.29, 0.717) is 0 Å². The summed E-state index contributed by atoms with van der Waals surface area (Å²) in [4.78, 5) is 16.4. The smallest absolute Gasteiger partial charge is 0.193 e. The van der Waals surface area contributed by atoms with Crippen LogP contribution >= 0.6 is 0 Å². The highest BCUT2D eigenvalue weighted by Crippen LogP contribution is 2.27. The molecule has 0 saturated carbocycles. The number of H-pyrrole nitrogens is 1. The van der Waals surface area contributed by atoms with E-state index in [1.165, 1.54) is 0 Å². The van der Waals surface area contributed by atoms with Gasteiger partial charge in [0.2, 0.25) is 0 Å². The first-order valence-corrected chi connectivity index (χ1v) is 8.80. The molecule has 0 aliphatic heterocycles. The molecule has 3 nitrogen and oxygen atoms in total. The summed E-state index contributed by atoms with van der Waals surface area (Å²) in [6, 6.07) is 17.5. The molecular weight excluding hydrogens is 310 g/mol. The van der Waals surface area contributed by atoms with Gasteiger partial charge in [-0.1, -0.05) is 30.3 Å². The van der Waals surface area contributed by atoms with Gasteiger partial charge in [0.25, 0.3) is 0 Å². The number of ether oxygens (including phenoxy) is 1. The molecule has 1 aliphatic carbocycles. The SMILES string of the molecule is Cc1[nH]c2c(c(=O)c1-c1ccc(Oc3ccccc3)cc1)CCCC2. The van der Waals surface area contributed by atoms with Gasteiger partial charge in [0.1, 0.15) is 11.5 Å². The van der Waals surface area contributed by atoms with Gasteiger partial charge in [-0.2, -0.15) is 0 Å². The third kappa shape index (κ3) is 3.10. The van der Waals surface area contributed by atoms with Crippen molar-refractivity contribution in [3.63, 3.8) is 0 Å². The number of hydrogen-bond acceptors (Lipinski definition) is 2. The summed E-state index contributed by atoms with van der Waals surface area (Å²) in [6.45, 7) is 1.99. The molecule has 1 aromatic heterocycles. The second kappa shape index (κ2) is 6.60. The zero-order valence-corrected chi connectivity index (χ0v) is 14.3. The molecule has 25 heavy (non-hydrogen) atoms. The predicted octanol–water partition coefficient (Wildman–Crippen LogP) is 5.02. The molecule has 0 spiro atoms. The number of hydrogen-bond donors (Lipinski definition) is 1. The zero-order chi connectivity index (χ0) is 17.2. The summed E-state index contributed by atoms with van der Waals surface area (Å²) in [5, 5.41) is 0. The van der Waals surface area contributed by atoms with E-state index in [1.807, 2.05) is 61.5 Å². The Morgan fingerprint density at radius 3 is 2.32 bits per heavy atom. The number of nitrogens with one attached hydrogen (secondary N) is 1. The number of aromatic amines is 1. The summed E-state index contributed by atoms with van der Waals surface area (Å²) in [6.07, 6.45) is 4.12. The van der Waals surface area contributed by atoms with Crippen LogP contribution in [0.1, 0.15) is 29.8 Å². The van der Waals surface area contributed by atoms with Crippen molar-refractivity contribution < 1.29 is 4.74 Å². The number of benzene rings is 2. The minimum atomic E-state index is 0.183. The lowest BCUT2D eigenvalue weighted by atomic mass is 9.91. The molecule has 3 heteroatoms. The van der Waals surface area contributed by atoms with Crippen molar-refractivity contribution in [2.45, 2.75) is 32.6 Å². The van der Waals surface area contributed by atoms with E-state index in [2.05, 4.69) is 4.98 Å². The highest BCUT2D eigenvalue weighted by molar-refractivity contribution is 5.67. The molecule has 0 unspecified atom stereocenters. The number of para-hydroxylation sites is 1. The topological polar surface area (TPSA) is 42.1 Å². The van der Waals surface area contributed by atoms with Crippen LogP contribution in [0.2, 0.25) is 0 Å². The first kappa shape index (κ1) is 15.7. The molecule has 1 heterocycles. The number of aromatic nitrogens is 1. The van der Waals surface area contributed by atoms with Gasteiger partial charge in [-0.3, -0.25) is 4.79 Å². The summed E-state index contributed by atoms with van der Waals surface area (Å²) >= 11 is 0. The maximum absolute atomic E-state index is 13.0. The normalized spacial score (nSPS) is 13.3. The average molecular weight is 331 g/mol. The van der Waals surface area contributed by atoms with E-state index in [1.54, 1.807) is 0 Å². The van der Waals surface area contributed by atoms with Crippen LogP contribution in [0.4, 0.5) is 0 Å². The van der Waals surface area contributed by atoms with E-state index in [4.69, 9.17) is 4.74 Å². The Balaban J connectivity index is 1.68. The lowest BCUT2D eigenvalue weighted by Gasteiger charge is -2.18. The van der Waals surface area contributed by atoms with Crippen LogP contribution in [-0.4, -0.2) is 4.98 Å². The van der Waals surface area contributed by atoms with Crippen molar-refractivity contribution in [3.8, 4) is 22.6 Å². The van der Waals surface area contributed by atoms with Crippen molar-refractivity contribution in [2.24, 2.45) is 0 Å². The Morgan fingerprint density at radius 1 is 0.880 bits per heavy atom. The van der Waals surface area contributed by atoms with Crippen molar-refractivity contribution >= 4 is 0 Å². The maximum atomic E-state index is 13.0. The Bertz CT molecular complexity index is 940. The molecule has 3 aromatic rings. The molecule has 0 saturated heterocycles. The molecule has 1 N–H and O–H groups in total. The number of rotatable bonds is 3. The number of fused-ring (bicyclic) bond motifs is 1. The van der Waals surface area contributed by atoms with Gasteiger partial charge >= 0.3 is 0 Å². The fourth-order valence-electron chi connectivity index (χ4n) is 3.57. The molecule has 0 radical (unpaired) electrons. The van der Waals surface area contributed by atoms with Gasteiger partial charge < -0.3 is 9.72 Å². The van der Waals surface area contributed by atoms with Gasteiger partial charge in [0.15, 0.2) is 5.43 Å². The van der Waals surface area contributed by atoms with Crippen LogP contribution in [0, 0.1) is 6.92 Å². The van der Waals surface area contributed by atoms with Crippen LogP contribution in [0.25, 0.3) is 11.1 Å². The van der Waals surface area contributed by atoms with Crippen LogP contribution in [0.15, 0.2) is 59.4 Å². The van der Waals surface area contributed by atoms with Crippen LogP contribution in [0.5, 0.6) is 11.5 Å². The van der Waals surface area contributed by atoms with Crippen molar-refractivity contribution in [1.82, 2.24) is 4.98 Å². The first-order chi connectivity index (χ1) is 12.2. The molecule has 0 fully saturated rings. The molecule has 4 rings (SSSR count). The third-order valence-corrected chi connectivity index (χ3v) is 4.80. The van der Waals surface area contributed by atoms with E-state index in [9.17, 15) is 4.79 Å². The van der Waals surface area contributed by atoms with Crippen LogP contribution in [0.3, 0.4) is 0 Å². The highest BCUT2D eigenvalue weighted by atomic mass is 16.5. The minimum Gasteiger partial charge on any atom is -0.457 e. The second-order valence-electron chi connectivity index (χ2n) is 6.56. The second-order valence-corrected chi connectivity index (χ2v) is 6.56. The quantitative estimate of drug-likeness (QED) is 0.732. The van der Waals surface area contributed by atoms with Crippen LogP contribution in [-0.2, 0) is 12.8 Å². The number of aryl methyl sites for hydroxylation is 2. The van der Waals surface area contributed by atoms with E-state index in [-0.39, 0.29) is 5.43 Å². The third-order valence-electron chi connectivity index (χ3n) is 4.80. The van der Waals surface area contributed by atoms with Gasteiger partial charge in [0.05, 0.1) is 0 Å². The monoisotopic (exact) mass is 331 g/mol. The zero-order valence-electron chi connectivity index (χ0n) is 14.3. The fraction of sp³-hybridized carbons (Fsp3) is 0.227. The van der Waals surface area contributed by atoms with Gasteiger partial charge in [-0.15, -0.1) is 0 Å². The van der Waals surface area contributed by atoms with E-state index >= 15 is 0 Å². The Labute approximate surface area is 147 Å². The predicted molar refractivity (Wildman–Crippen MR) is 100 cm³/mol. The molecule has 0 bridgehead atoms. The van der Waals surface area contributed by atoms with Gasteiger partial charge in [-0.25, -0.2) is 0 Å². The maximum Gasteiger partial charge on any atom is 0.193 e. The number of pyridine rings is 1. The van der Waals surface area contributed by atoms with Crippen LogP contribution < -0.4 is 10.2 Å². The van der Waals surface area contributed by atoms with E-state index in [0.717, 1.165) is 65.3 Å². The van der Waals surface area contributed by atoms with Gasteiger partial charge in [-0.05, 0) is 62.4 Å². The standard InChI is InChI=1S/C22H21NO2/c1-15-21(22(24)19-9-5-6-10-20(19)23-15)16-11-13-18(14-12-16)25-17-7-3-2-4-8-17/h2-4,7-8,11-14H,5-6,9-10H2,1H3,(H,23,24). The molecule has 2 aromatic carbocycles. The van der Waals surface area contributed by atoms with Gasteiger partial charge in [0, 0.05) is 22.5 Å². The summed E-state index contributed by atoms with van der Waals surface area (Å²) in [5.41, 5.74) is 4.95. The van der Waals surface area contributed by atoms with Crippen molar-refractivity contribution in [3.05, 3.63) is 81.8 Å². The lowest BCUT2D eigenvalue weighted by Crippen LogP contribution is -2.21. The first-order valence-electron chi connectivity index (χ1n) is 8.80. The Kier molecular flexibility index (Phi) is 4.14. The molecule has 126 valence electrons. The van der Waals surface area contributed by atoms with E-state index < -0.39 is 0 Å². The molecular formula is C22H21NO2. The molecule has 0 amide bonds. The summed E-state index contributed by atoms with van der Waals surface area (Å²) < 4.78 is 5.83. The molecule has 1 aliphatic rings. The average Bonchev–Trinajstić information content (AvgIpc) is 2.64. The molecule has 0 atom stereocenters.